The predicted molar refractivity (Wildman–Crippen MR) is 62.6 cm³/mol. The van der Waals surface area contributed by atoms with Gasteiger partial charge in [0.25, 0.3) is 0 Å². The van der Waals surface area contributed by atoms with E-state index in [-0.39, 0.29) is 0 Å². The Labute approximate surface area is 89.1 Å². The lowest BCUT2D eigenvalue weighted by atomic mass is 10.1. The van der Waals surface area contributed by atoms with E-state index in [1.807, 2.05) is 0 Å². The molecule has 1 saturated carbocycles. The van der Waals surface area contributed by atoms with Gasteiger partial charge in [-0.15, -0.1) is 0 Å². The molecule has 0 aromatic rings. The zero-order chi connectivity index (χ0) is 10.2. The molecule has 14 heavy (non-hydrogen) atoms. The van der Waals surface area contributed by atoms with Crippen LogP contribution in [0, 0.1) is 5.92 Å². The first kappa shape index (κ1) is 12.0. The van der Waals surface area contributed by atoms with Gasteiger partial charge in [0.2, 0.25) is 0 Å². The second kappa shape index (κ2) is 7.24. The number of hydrogen-bond donors (Lipinski definition) is 1. The fraction of sp³-hybridized carbons (Fsp3) is 1.00. The first-order valence-electron chi connectivity index (χ1n) is 6.14. The number of hydrogen-bond acceptors (Lipinski definition) is 2. The maximum atomic E-state index is 3.58. The molecular formula is C12H26N2. The molecule has 1 aliphatic rings. The quantitative estimate of drug-likeness (QED) is 0.630. The smallest absolute Gasteiger partial charge is 0.00205 e. The van der Waals surface area contributed by atoms with E-state index in [2.05, 4.69) is 24.3 Å². The second-order valence-corrected chi connectivity index (χ2v) is 4.86. The normalized spacial score (nSPS) is 18.2. The molecule has 84 valence electrons. The van der Waals surface area contributed by atoms with Crippen LogP contribution in [0.15, 0.2) is 0 Å². The van der Waals surface area contributed by atoms with Crippen molar-refractivity contribution in [2.24, 2.45) is 5.92 Å². The molecule has 0 amide bonds. The van der Waals surface area contributed by atoms with E-state index >= 15 is 0 Å². The predicted octanol–water partition coefficient (Wildman–Crippen LogP) is 2.11. The van der Waals surface area contributed by atoms with Crippen LogP contribution < -0.4 is 5.32 Å². The molecule has 0 aromatic carbocycles. The summed E-state index contributed by atoms with van der Waals surface area (Å²) in [5, 5.41) is 3.58. The number of rotatable bonds is 7. The lowest BCUT2D eigenvalue weighted by Gasteiger charge is -2.11. The van der Waals surface area contributed by atoms with Gasteiger partial charge >= 0.3 is 0 Å². The van der Waals surface area contributed by atoms with Crippen molar-refractivity contribution >= 4 is 0 Å². The van der Waals surface area contributed by atoms with Crippen LogP contribution in [0.5, 0.6) is 0 Å². The van der Waals surface area contributed by atoms with Crippen molar-refractivity contribution in [1.29, 1.82) is 0 Å². The van der Waals surface area contributed by atoms with E-state index in [0.29, 0.717) is 0 Å². The third-order valence-corrected chi connectivity index (χ3v) is 3.12. The molecule has 1 fully saturated rings. The number of unbranched alkanes of at least 4 members (excludes halogenated alkanes) is 1. The highest BCUT2D eigenvalue weighted by atomic mass is 15.0. The van der Waals surface area contributed by atoms with Crippen LogP contribution in [0.25, 0.3) is 0 Å². The third-order valence-electron chi connectivity index (χ3n) is 3.12. The van der Waals surface area contributed by atoms with Crippen molar-refractivity contribution in [2.45, 2.75) is 38.5 Å². The fourth-order valence-corrected chi connectivity index (χ4v) is 2.20. The van der Waals surface area contributed by atoms with Gasteiger partial charge in [-0.3, -0.25) is 0 Å². The molecule has 0 heterocycles. The molecule has 1 aliphatic carbocycles. The Morgan fingerprint density at radius 3 is 2.50 bits per heavy atom. The highest BCUT2D eigenvalue weighted by molar-refractivity contribution is 4.69. The highest BCUT2D eigenvalue weighted by Crippen LogP contribution is 2.23. The first-order chi connectivity index (χ1) is 6.79. The summed E-state index contributed by atoms with van der Waals surface area (Å²) in [4.78, 5) is 2.26. The monoisotopic (exact) mass is 198 g/mol. The Hall–Kier alpha value is -0.0800. The molecule has 1 N–H and O–H groups in total. The maximum Gasteiger partial charge on any atom is -0.00205 e. The standard InChI is InChI=1S/C12H26N2/c1-14(2)10-6-5-9-13-11-12-7-3-4-8-12/h12-13H,3-11H2,1-2H3. The summed E-state index contributed by atoms with van der Waals surface area (Å²) in [6.45, 7) is 3.71. The summed E-state index contributed by atoms with van der Waals surface area (Å²) < 4.78 is 0. The molecule has 0 aliphatic heterocycles. The molecular weight excluding hydrogens is 172 g/mol. The molecule has 0 aromatic heterocycles. The van der Waals surface area contributed by atoms with Gasteiger partial charge in [-0.05, 0) is 65.3 Å². The van der Waals surface area contributed by atoms with Gasteiger partial charge in [0.15, 0.2) is 0 Å². The van der Waals surface area contributed by atoms with Crippen LogP contribution >= 0.6 is 0 Å². The Balaban J connectivity index is 1.79. The van der Waals surface area contributed by atoms with E-state index < -0.39 is 0 Å². The van der Waals surface area contributed by atoms with E-state index in [9.17, 15) is 0 Å². The summed E-state index contributed by atoms with van der Waals surface area (Å²) in [7, 11) is 4.29. The summed E-state index contributed by atoms with van der Waals surface area (Å²) in [5.41, 5.74) is 0. The zero-order valence-electron chi connectivity index (χ0n) is 9.89. The third kappa shape index (κ3) is 5.61. The highest BCUT2D eigenvalue weighted by Gasteiger charge is 2.13. The van der Waals surface area contributed by atoms with Crippen LogP contribution in [0.2, 0.25) is 0 Å². The SMILES string of the molecule is CN(C)CCCCNCC1CCCC1. The van der Waals surface area contributed by atoms with Crippen molar-refractivity contribution in [3.63, 3.8) is 0 Å². The minimum atomic E-state index is 0.990. The Bertz CT molecular complexity index is 128. The van der Waals surface area contributed by atoms with Crippen LogP contribution in [-0.2, 0) is 0 Å². The van der Waals surface area contributed by atoms with Gasteiger partial charge in [-0.2, -0.15) is 0 Å². The average Bonchev–Trinajstić information content (AvgIpc) is 2.63. The van der Waals surface area contributed by atoms with Crippen LogP contribution in [0.3, 0.4) is 0 Å². The Kier molecular flexibility index (Phi) is 6.20. The van der Waals surface area contributed by atoms with Gasteiger partial charge in [-0.25, -0.2) is 0 Å². The van der Waals surface area contributed by atoms with Crippen molar-refractivity contribution < 1.29 is 0 Å². The topological polar surface area (TPSA) is 15.3 Å². The minimum absolute atomic E-state index is 0.990. The summed E-state index contributed by atoms with van der Waals surface area (Å²) in [5.74, 6) is 0.990. The molecule has 0 atom stereocenters. The molecule has 0 radical (unpaired) electrons. The Morgan fingerprint density at radius 2 is 1.86 bits per heavy atom. The maximum absolute atomic E-state index is 3.58. The van der Waals surface area contributed by atoms with Gasteiger partial charge in [-0.1, -0.05) is 12.8 Å². The van der Waals surface area contributed by atoms with Gasteiger partial charge < -0.3 is 10.2 Å². The molecule has 2 nitrogen and oxygen atoms in total. The van der Waals surface area contributed by atoms with Gasteiger partial charge in [0, 0.05) is 0 Å². The van der Waals surface area contributed by atoms with Crippen LogP contribution in [0.4, 0.5) is 0 Å². The van der Waals surface area contributed by atoms with Crippen molar-refractivity contribution in [1.82, 2.24) is 10.2 Å². The van der Waals surface area contributed by atoms with Crippen molar-refractivity contribution in [3.8, 4) is 0 Å². The summed E-state index contributed by atoms with van der Waals surface area (Å²) in [6.07, 6.45) is 8.50. The van der Waals surface area contributed by atoms with Crippen molar-refractivity contribution in [3.05, 3.63) is 0 Å². The molecule has 0 bridgehead atoms. The lowest BCUT2D eigenvalue weighted by molar-refractivity contribution is 0.388. The first-order valence-corrected chi connectivity index (χ1v) is 6.14. The average molecular weight is 198 g/mol. The molecule has 0 unspecified atom stereocenters. The van der Waals surface area contributed by atoms with Crippen LogP contribution in [-0.4, -0.2) is 38.6 Å². The molecule has 1 rings (SSSR count). The molecule has 0 spiro atoms. The van der Waals surface area contributed by atoms with Gasteiger partial charge in [0.1, 0.15) is 0 Å². The summed E-state index contributed by atoms with van der Waals surface area (Å²) in [6, 6.07) is 0. The number of nitrogens with one attached hydrogen (secondary N) is 1. The van der Waals surface area contributed by atoms with Crippen LogP contribution in [0.1, 0.15) is 38.5 Å². The second-order valence-electron chi connectivity index (χ2n) is 4.86. The summed E-state index contributed by atoms with van der Waals surface area (Å²) >= 11 is 0. The van der Waals surface area contributed by atoms with E-state index in [0.717, 1.165) is 5.92 Å². The lowest BCUT2D eigenvalue weighted by Crippen LogP contribution is -2.23. The minimum Gasteiger partial charge on any atom is -0.316 e. The molecule has 0 saturated heterocycles. The zero-order valence-corrected chi connectivity index (χ0v) is 9.89. The molecule has 2 heteroatoms. The number of nitrogens with zero attached hydrogens (tertiary/aromatic N) is 1. The van der Waals surface area contributed by atoms with Gasteiger partial charge in [0.05, 0.1) is 0 Å². The van der Waals surface area contributed by atoms with E-state index in [4.69, 9.17) is 0 Å². The van der Waals surface area contributed by atoms with Crippen molar-refractivity contribution in [2.75, 3.05) is 33.7 Å². The van der Waals surface area contributed by atoms with E-state index in [1.54, 1.807) is 0 Å². The van der Waals surface area contributed by atoms with E-state index in [1.165, 1.54) is 58.2 Å². The fourth-order valence-electron chi connectivity index (χ4n) is 2.20. The Morgan fingerprint density at radius 1 is 1.14 bits per heavy atom. The largest absolute Gasteiger partial charge is 0.316 e.